The molecule has 0 fully saturated rings. The second-order valence-corrected chi connectivity index (χ2v) is 3.69. The summed E-state index contributed by atoms with van der Waals surface area (Å²) in [7, 11) is 0. The van der Waals surface area contributed by atoms with Crippen LogP contribution in [-0.2, 0) is 4.79 Å². The Bertz CT molecular complexity index is 410. The van der Waals surface area contributed by atoms with Gasteiger partial charge in [0.15, 0.2) is 0 Å². The van der Waals surface area contributed by atoms with E-state index in [-0.39, 0.29) is 5.56 Å². The molecule has 6 heteroatoms. The molecule has 86 valence electrons. The summed E-state index contributed by atoms with van der Waals surface area (Å²) in [4.78, 5) is 22.4. The van der Waals surface area contributed by atoms with Gasteiger partial charge in [-0.25, -0.2) is 4.39 Å². The Balaban J connectivity index is 2.60. The number of hydrogen-bond donors (Lipinski definition) is 2. The van der Waals surface area contributed by atoms with Crippen molar-refractivity contribution in [2.75, 3.05) is 0 Å². The van der Waals surface area contributed by atoms with E-state index in [4.69, 9.17) is 11.6 Å². The Hall–Kier alpha value is -1.62. The maximum atomic E-state index is 13.1. The van der Waals surface area contributed by atoms with Gasteiger partial charge in [0.1, 0.15) is 11.2 Å². The highest BCUT2D eigenvalue weighted by atomic mass is 35.5. The zero-order valence-electron chi connectivity index (χ0n) is 8.46. The van der Waals surface area contributed by atoms with Crippen molar-refractivity contribution in [3.05, 3.63) is 35.6 Å². The molecule has 0 saturated heterocycles. The number of carbonyl (C=O) groups excluding carboxylic acids is 2. The summed E-state index contributed by atoms with van der Waals surface area (Å²) in [6, 6.07) is 5.44. The molecule has 0 aliphatic heterocycles. The number of halogens is 2. The molecule has 1 unspecified atom stereocenters. The fourth-order valence-electron chi connectivity index (χ4n) is 0.930. The van der Waals surface area contributed by atoms with Gasteiger partial charge in [-0.1, -0.05) is 12.1 Å². The van der Waals surface area contributed by atoms with E-state index in [0.717, 1.165) is 6.07 Å². The van der Waals surface area contributed by atoms with Gasteiger partial charge in [-0.15, -0.1) is 11.6 Å². The van der Waals surface area contributed by atoms with E-state index >= 15 is 0 Å². The summed E-state index contributed by atoms with van der Waals surface area (Å²) < 4.78 is 13.1. The van der Waals surface area contributed by atoms with Crippen LogP contribution < -0.4 is 10.9 Å². The van der Waals surface area contributed by atoms with Gasteiger partial charge in [0, 0.05) is 0 Å². The minimum absolute atomic E-state index is 0.148. The van der Waals surface area contributed by atoms with Crippen LogP contribution in [0.25, 0.3) is 0 Å². The summed E-state index contributed by atoms with van der Waals surface area (Å²) >= 11 is 5.45. The summed E-state index contributed by atoms with van der Waals surface area (Å²) in [5, 5.41) is -0.777. The van der Waals surface area contributed by atoms with Crippen molar-refractivity contribution in [2.24, 2.45) is 0 Å². The summed E-state index contributed by atoms with van der Waals surface area (Å²) in [6.45, 7) is 1.45. The van der Waals surface area contributed by atoms with Crippen molar-refractivity contribution in [1.82, 2.24) is 10.9 Å². The zero-order valence-corrected chi connectivity index (χ0v) is 9.22. The van der Waals surface area contributed by atoms with Crippen molar-refractivity contribution in [3.8, 4) is 0 Å². The Morgan fingerprint density at radius 3 is 2.50 bits per heavy atom. The van der Waals surface area contributed by atoms with Crippen LogP contribution in [0.15, 0.2) is 24.3 Å². The number of rotatable bonds is 2. The van der Waals surface area contributed by atoms with Gasteiger partial charge in [0.25, 0.3) is 11.8 Å². The van der Waals surface area contributed by atoms with Gasteiger partial charge in [-0.2, -0.15) is 0 Å². The molecule has 0 saturated carbocycles. The summed E-state index contributed by atoms with van der Waals surface area (Å²) in [5.74, 6) is -1.96. The number of hydrogen-bond acceptors (Lipinski definition) is 2. The third kappa shape index (κ3) is 3.20. The van der Waals surface area contributed by atoms with E-state index in [9.17, 15) is 14.0 Å². The lowest BCUT2D eigenvalue weighted by Crippen LogP contribution is -2.44. The number of amides is 2. The van der Waals surface area contributed by atoms with Crippen LogP contribution >= 0.6 is 11.6 Å². The molecule has 0 spiro atoms. The third-order valence-electron chi connectivity index (χ3n) is 1.78. The van der Waals surface area contributed by atoms with Crippen LogP contribution in [0.2, 0.25) is 0 Å². The molecular formula is C10H10ClFN2O2. The summed E-state index contributed by atoms with van der Waals surface area (Å²) in [5.41, 5.74) is 3.98. The molecule has 0 aliphatic carbocycles. The minimum atomic E-state index is -0.777. The Kier molecular flexibility index (Phi) is 4.25. The van der Waals surface area contributed by atoms with Crippen molar-refractivity contribution < 1.29 is 14.0 Å². The SMILES string of the molecule is CC(Cl)C(=O)NNC(=O)c1ccccc1F. The highest BCUT2D eigenvalue weighted by molar-refractivity contribution is 6.30. The predicted octanol–water partition coefficient (Wildman–Crippen LogP) is 1.21. The number of carbonyl (C=O) groups is 2. The molecule has 1 atom stereocenters. The van der Waals surface area contributed by atoms with Crippen molar-refractivity contribution in [1.29, 1.82) is 0 Å². The first kappa shape index (κ1) is 12.4. The lowest BCUT2D eigenvalue weighted by molar-refractivity contribution is -0.121. The molecule has 1 aromatic rings. The molecule has 2 amide bonds. The van der Waals surface area contributed by atoms with Crippen LogP contribution in [0.5, 0.6) is 0 Å². The molecule has 16 heavy (non-hydrogen) atoms. The third-order valence-corrected chi connectivity index (χ3v) is 1.98. The van der Waals surface area contributed by atoms with E-state index in [1.54, 1.807) is 0 Å². The van der Waals surface area contributed by atoms with E-state index in [2.05, 4.69) is 10.9 Å². The Labute approximate surface area is 96.8 Å². The standard InChI is InChI=1S/C10H10ClFN2O2/c1-6(11)9(15)13-14-10(16)7-4-2-3-5-8(7)12/h2-6H,1H3,(H,13,15)(H,14,16). The van der Waals surface area contributed by atoms with E-state index in [0.29, 0.717) is 0 Å². The predicted molar refractivity (Wildman–Crippen MR) is 57.3 cm³/mol. The molecule has 2 N–H and O–H groups in total. The van der Waals surface area contributed by atoms with Crippen molar-refractivity contribution in [2.45, 2.75) is 12.3 Å². The van der Waals surface area contributed by atoms with Gasteiger partial charge < -0.3 is 0 Å². The van der Waals surface area contributed by atoms with Crippen molar-refractivity contribution in [3.63, 3.8) is 0 Å². The molecule has 4 nitrogen and oxygen atoms in total. The Morgan fingerprint density at radius 1 is 1.31 bits per heavy atom. The van der Waals surface area contributed by atoms with Gasteiger partial charge in [0.2, 0.25) is 0 Å². The molecule has 0 aliphatic rings. The smallest absolute Gasteiger partial charge is 0.272 e. The molecule has 0 bridgehead atoms. The molecule has 0 radical (unpaired) electrons. The zero-order chi connectivity index (χ0) is 12.1. The molecule has 0 aromatic heterocycles. The van der Waals surface area contributed by atoms with Crippen LogP contribution in [-0.4, -0.2) is 17.2 Å². The topological polar surface area (TPSA) is 58.2 Å². The maximum Gasteiger partial charge on any atom is 0.272 e. The van der Waals surface area contributed by atoms with E-state index in [1.165, 1.54) is 25.1 Å². The normalized spacial score (nSPS) is 11.7. The van der Waals surface area contributed by atoms with Gasteiger partial charge in [-0.05, 0) is 19.1 Å². The monoisotopic (exact) mass is 244 g/mol. The number of alkyl halides is 1. The summed E-state index contributed by atoms with van der Waals surface area (Å²) in [6.07, 6.45) is 0. The van der Waals surface area contributed by atoms with E-state index in [1.807, 2.05) is 0 Å². The number of hydrazine groups is 1. The molecule has 1 rings (SSSR count). The second kappa shape index (κ2) is 5.46. The Morgan fingerprint density at radius 2 is 1.94 bits per heavy atom. The first-order valence-electron chi connectivity index (χ1n) is 4.51. The second-order valence-electron chi connectivity index (χ2n) is 3.04. The van der Waals surface area contributed by atoms with Crippen LogP contribution in [0, 0.1) is 5.82 Å². The van der Waals surface area contributed by atoms with Crippen LogP contribution in [0.4, 0.5) is 4.39 Å². The number of nitrogens with one attached hydrogen (secondary N) is 2. The van der Waals surface area contributed by atoms with Crippen LogP contribution in [0.1, 0.15) is 17.3 Å². The first-order chi connectivity index (χ1) is 7.52. The highest BCUT2D eigenvalue weighted by Crippen LogP contribution is 2.05. The average molecular weight is 245 g/mol. The highest BCUT2D eigenvalue weighted by Gasteiger charge is 2.13. The fraction of sp³-hybridized carbons (Fsp3) is 0.200. The van der Waals surface area contributed by atoms with Gasteiger partial charge in [0.05, 0.1) is 5.56 Å². The van der Waals surface area contributed by atoms with E-state index < -0.39 is 23.0 Å². The lowest BCUT2D eigenvalue weighted by atomic mass is 10.2. The molecule has 1 aromatic carbocycles. The molecular weight excluding hydrogens is 235 g/mol. The minimum Gasteiger partial charge on any atom is -0.272 e. The number of benzene rings is 1. The van der Waals surface area contributed by atoms with Gasteiger partial charge >= 0.3 is 0 Å². The quantitative estimate of drug-likeness (QED) is 0.607. The average Bonchev–Trinajstić information content (AvgIpc) is 2.25. The first-order valence-corrected chi connectivity index (χ1v) is 4.95. The molecule has 0 heterocycles. The fourth-order valence-corrected chi connectivity index (χ4v) is 0.985. The van der Waals surface area contributed by atoms with Crippen LogP contribution in [0.3, 0.4) is 0 Å². The lowest BCUT2D eigenvalue weighted by Gasteiger charge is -2.08. The maximum absolute atomic E-state index is 13.1. The van der Waals surface area contributed by atoms with Gasteiger partial charge in [-0.3, -0.25) is 20.4 Å². The van der Waals surface area contributed by atoms with Crippen molar-refractivity contribution >= 4 is 23.4 Å². The largest absolute Gasteiger partial charge is 0.272 e.